The van der Waals surface area contributed by atoms with E-state index in [0.717, 1.165) is 25.7 Å². The maximum atomic E-state index is 12.3. The van der Waals surface area contributed by atoms with Crippen LogP contribution >= 0.6 is 0 Å². The molecule has 1 aromatic rings. The smallest absolute Gasteiger partial charge is 0.337 e. The van der Waals surface area contributed by atoms with Gasteiger partial charge in [0.25, 0.3) is 0 Å². The number of carboxylic acids is 1. The molecule has 2 fully saturated rings. The maximum absolute atomic E-state index is 12.3. The van der Waals surface area contributed by atoms with E-state index in [0.29, 0.717) is 12.3 Å². The molecule has 23 heavy (non-hydrogen) atoms. The van der Waals surface area contributed by atoms with Gasteiger partial charge in [0.05, 0.1) is 16.6 Å². The van der Waals surface area contributed by atoms with Crippen LogP contribution in [0.15, 0.2) is 23.1 Å². The second kappa shape index (κ2) is 6.46. The van der Waals surface area contributed by atoms with Crippen LogP contribution in [-0.2, 0) is 14.8 Å². The van der Waals surface area contributed by atoms with Gasteiger partial charge in [0.2, 0.25) is 10.0 Å². The molecule has 7 nitrogen and oxygen atoms in total. The Kier molecular flexibility index (Phi) is 4.56. The summed E-state index contributed by atoms with van der Waals surface area (Å²) in [5.74, 6) is -1.15. The van der Waals surface area contributed by atoms with Gasteiger partial charge < -0.3 is 15.2 Å². The van der Waals surface area contributed by atoms with Gasteiger partial charge in [-0.2, -0.15) is 0 Å². The summed E-state index contributed by atoms with van der Waals surface area (Å²) in [5.41, 5.74) is 0.426. The molecule has 0 spiro atoms. The number of benzene rings is 1. The zero-order chi connectivity index (χ0) is 16.4. The molecule has 2 aliphatic rings. The highest BCUT2D eigenvalue weighted by atomic mass is 32.2. The quantitative estimate of drug-likeness (QED) is 0.693. The second-order valence-electron chi connectivity index (χ2n) is 5.92. The summed E-state index contributed by atoms with van der Waals surface area (Å²) in [7, 11) is -3.75. The van der Waals surface area contributed by atoms with Crippen molar-refractivity contribution < 1.29 is 23.1 Å². The highest BCUT2D eigenvalue weighted by Gasteiger charge is 2.25. The molecule has 1 saturated heterocycles. The number of anilines is 1. The van der Waals surface area contributed by atoms with E-state index in [1.165, 1.54) is 18.2 Å². The minimum absolute atomic E-state index is 0.0307. The molecule has 1 atom stereocenters. The molecule has 0 amide bonds. The van der Waals surface area contributed by atoms with Gasteiger partial charge in [-0.15, -0.1) is 0 Å². The average molecular weight is 340 g/mol. The zero-order valence-corrected chi connectivity index (χ0v) is 13.4. The monoisotopic (exact) mass is 340 g/mol. The summed E-state index contributed by atoms with van der Waals surface area (Å²) in [6.45, 7) is 0.851. The highest BCUT2D eigenvalue weighted by Crippen LogP contribution is 2.28. The summed E-state index contributed by atoms with van der Waals surface area (Å²) < 4.78 is 32.5. The van der Waals surface area contributed by atoms with Crippen LogP contribution in [0, 0.1) is 0 Å². The molecule has 8 heteroatoms. The Morgan fingerprint density at radius 2 is 2.09 bits per heavy atom. The molecule has 3 rings (SSSR count). The van der Waals surface area contributed by atoms with Crippen LogP contribution in [0.1, 0.15) is 36.0 Å². The Balaban J connectivity index is 1.77. The molecular weight excluding hydrogens is 320 g/mol. The van der Waals surface area contributed by atoms with Crippen LogP contribution in [0.2, 0.25) is 0 Å². The Morgan fingerprint density at radius 3 is 2.70 bits per heavy atom. The van der Waals surface area contributed by atoms with Gasteiger partial charge in [-0.3, -0.25) is 0 Å². The van der Waals surface area contributed by atoms with Crippen molar-refractivity contribution in [1.29, 1.82) is 0 Å². The Hall–Kier alpha value is -1.64. The molecule has 0 radical (unpaired) electrons. The number of hydrogen-bond acceptors (Lipinski definition) is 5. The lowest BCUT2D eigenvalue weighted by Gasteiger charge is -2.13. The van der Waals surface area contributed by atoms with Gasteiger partial charge in [0.1, 0.15) is 0 Å². The van der Waals surface area contributed by atoms with Crippen molar-refractivity contribution in [3.05, 3.63) is 23.8 Å². The van der Waals surface area contributed by atoms with E-state index < -0.39 is 16.0 Å². The minimum atomic E-state index is -3.75. The summed E-state index contributed by atoms with van der Waals surface area (Å²) >= 11 is 0. The molecule has 0 aromatic heterocycles. The van der Waals surface area contributed by atoms with E-state index in [1.807, 2.05) is 0 Å². The van der Waals surface area contributed by atoms with Crippen LogP contribution in [-0.4, -0.2) is 44.8 Å². The second-order valence-corrected chi connectivity index (χ2v) is 7.69. The van der Waals surface area contributed by atoms with E-state index in [-0.39, 0.29) is 29.1 Å². The number of nitrogens with one attached hydrogen (secondary N) is 2. The third-order valence-corrected chi connectivity index (χ3v) is 5.41. The van der Waals surface area contributed by atoms with Gasteiger partial charge in [0.15, 0.2) is 0 Å². The molecule has 1 saturated carbocycles. The van der Waals surface area contributed by atoms with Crippen LogP contribution < -0.4 is 10.0 Å². The summed E-state index contributed by atoms with van der Waals surface area (Å²) in [6.07, 6.45) is 3.65. The standard InChI is InChI=1S/C15H20N2O5S/c18-15(19)13-8-12(5-6-14(13)17-10-3-4-10)23(20,21)16-9-11-2-1-7-22-11/h5-6,8,10-11,16-17H,1-4,7,9H2,(H,18,19)/t11-/m1/s1. The Labute approximate surface area is 135 Å². The number of hydrogen-bond donors (Lipinski definition) is 3. The molecule has 1 aromatic carbocycles. The van der Waals surface area contributed by atoms with Crippen molar-refractivity contribution in [2.75, 3.05) is 18.5 Å². The fourth-order valence-electron chi connectivity index (χ4n) is 2.53. The van der Waals surface area contributed by atoms with E-state index in [9.17, 15) is 18.3 Å². The lowest BCUT2D eigenvalue weighted by molar-refractivity contribution is 0.0697. The number of carboxylic acid groups (broad SMARTS) is 1. The molecule has 1 heterocycles. The average Bonchev–Trinajstić information content (AvgIpc) is 3.16. The summed E-state index contributed by atoms with van der Waals surface area (Å²) in [4.78, 5) is 11.3. The first-order chi connectivity index (χ1) is 11.0. The number of sulfonamides is 1. The van der Waals surface area contributed by atoms with Crippen LogP contribution in [0.4, 0.5) is 5.69 Å². The van der Waals surface area contributed by atoms with Crippen molar-refractivity contribution in [3.63, 3.8) is 0 Å². The molecule has 3 N–H and O–H groups in total. The Morgan fingerprint density at radius 1 is 1.30 bits per heavy atom. The van der Waals surface area contributed by atoms with Gasteiger partial charge in [-0.1, -0.05) is 0 Å². The third kappa shape index (κ3) is 4.01. The topological polar surface area (TPSA) is 105 Å². The van der Waals surface area contributed by atoms with Gasteiger partial charge in [-0.05, 0) is 43.9 Å². The SMILES string of the molecule is O=C(O)c1cc(S(=O)(=O)NC[C@H]2CCCO2)ccc1NC1CC1. The molecule has 1 aliphatic carbocycles. The van der Waals surface area contributed by atoms with Gasteiger partial charge in [-0.25, -0.2) is 17.9 Å². The van der Waals surface area contributed by atoms with Crippen molar-refractivity contribution in [2.24, 2.45) is 0 Å². The zero-order valence-electron chi connectivity index (χ0n) is 12.6. The normalized spacial score (nSPS) is 21.3. The number of carbonyl (C=O) groups is 1. The van der Waals surface area contributed by atoms with Gasteiger partial charge >= 0.3 is 5.97 Å². The van der Waals surface area contributed by atoms with E-state index in [1.54, 1.807) is 0 Å². The number of rotatable bonds is 7. The van der Waals surface area contributed by atoms with E-state index in [2.05, 4.69) is 10.0 Å². The van der Waals surface area contributed by atoms with Crippen LogP contribution in [0.5, 0.6) is 0 Å². The predicted molar refractivity (Wildman–Crippen MR) is 84.2 cm³/mol. The van der Waals surface area contributed by atoms with Crippen molar-refractivity contribution in [1.82, 2.24) is 4.72 Å². The van der Waals surface area contributed by atoms with Crippen molar-refractivity contribution >= 4 is 21.7 Å². The molecule has 1 aliphatic heterocycles. The van der Waals surface area contributed by atoms with Crippen LogP contribution in [0.3, 0.4) is 0 Å². The number of ether oxygens (including phenoxy) is 1. The van der Waals surface area contributed by atoms with E-state index >= 15 is 0 Å². The number of aromatic carboxylic acids is 1. The van der Waals surface area contributed by atoms with Crippen LogP contribution in [0.25, 0.3) is 0 Å². The van der Waals surface area contributed by atoms with Crippen molar-refractivity contribution in [3.8, 4) is 0 Å². The lowest BCUT2D eigenvalue weighted by atomic mass is 10.2. The largest absolute Gasteiger partial charge is 0.478 e. The fourth-order valence-corrected chi connectivity index (χ4v) is 3.62. The third-order valence-electron chi connectivity index (χ3n) is 3.99. The lowest BCUT2D eigenvalue weighted by Crippen LogP contribution is -2.32. The first-order valence-electron chi connectivity index (χ1n) is 7.71. The summed E-state index contributed by atoms with van der Waals surface area (Å²) in [5, 5.41) is 12.4. The highest BCUT2D eigenvalue weighted by molar-refractivity contribution is 7.89. The maximum Gasteiger partial charge on any atom is 0.337 e. The van der Waals surface area contributed by atoms with E-state index in [4.69, 9.17) is 4.74 Å². The van der Waals surface area contributed by atoms with Gasteiger partial charge in [0, 0.05) is 24.9 Å². The molecule has 0 unspecified atom stereocenters. The molecular formula is C15H20N2O5S. The first kappa shape index (κ1) is 16.2. The molecule has 0 bridgehead atoms. The predicted octanol–water partition coefficient (Wildman–Crippen LogP) is 1.42. The summed E-state index contributed by atoms with van der Waals surface area (Å²) in [6, 6.07) is 4.43. The molecule has 126 valence electrons. The minimum Gasteiger partial charge on any atom is -0.478 e. The first-order valence-corrected chi connectivity index (χ1v) is 9.19. The fraction of sp³-hybridized carbons (Fsp3) is 0.533. The Bertz CT molecular complexity index is 694. The van der Waals surface area contributed by atoms with Crippen molar-refractivity contribution in [2.45, 2.75) is 42.7 Å².